The Labute approximate surface area is 123 Å². The van der Waals surface area contributed by atoms with E-state index < -0.39 is 6.10 Å². The van der Waals surface area contributed by atoms with Gasteiger partial charge in [0.2, 0.25) is 0 Å². The largest absolute Gasteiger partial charge is 0.387 e. The van der Waals surface area contributed by atoms with Crippen LogP contribution in [0.3, 0.4) is 0 Å². The summed E-state index contributed by atoms with van der Waals surface area (Å²) in [6.45, 7) is 0. The SMILES string of the molecule is OC(CCc1cccnc1)c1ccnn1-c1ccccc1. The number of aromatic nitrogens is 3. The van der Waals surface area contributed by atoms with Crippen LogP contribution in [-0.2, 0) is 6.42 Å². The zero-order valence-corrected chi connectivity index (χ0v) is 11.6. The summed E-state index contributed by atoms with van der Waals surface area (Å²) in [4.78, 5) is 4.09. The Morgan fingerprint density at radius 1 is 1.00 bits per heavy atom. The summed E-state index contributed by atoms with van der Waals surface area (Å²) in [7, 11) is 0. The average molecular weight is 279 g/mol. The van der Waals surface area contributed by atoms with Crippen LogP contribution in [-0.4, -0.2) is 19.9 Å². The van der Waals surface area contributed by atoms with Gasteiger partial charge in [-0.2, -0.15) is 5.10 Å². The maximum Gasteiger partial charge on any atom is 0.0964 e. The minimum absolute atomic E-state index is 0.548. The van der Waals surface area contributed by atoms with E-state index in [1.807, 2.05) is 54.7 Å². The van der Waals surface area contributed by atoms with Crippen molar-refractivity contribution in [2.75, 3.05) is 0 Å². The third-order valence-corrected chi connectivity index (χ3v) is 3.44. The molecular weight excluding hydrogens is 262 g/mol. The van der Waals surface area contributed by atoms with Gasteiger partial charge in [0.1, 0.15) is 0 Å². The van der Waals surface area contributed by atoms with Crippen LogP contribution in [0.4, 0.5) is 0 Å². The van der Waals surface area contributed by atoms with Crippen molar-refractivity contribution in [3.8, 4) is 5.69 Å². The van der Waals surface area contributed by atoms with Gasteiger partial charge >= 0.3 is 0 Å². The predicted octanol–water partition coefficient (Wildman–Crippen LogP) is 2.93. The van der Waals surface area contributed by atoms with Gasteiger partial charge in [-0.1, -0.05) is 24.3 Å². The molecule has 0 fully saturated rings. The molecule has 4 heteroatoms. The summed E-state index contributed by atoms with van der Waals surface area (Å²) < 4.78 is 1.79. The minimum Gasteiger partial charge on any atom is -0.387 e. The Balaban J connectivity index is 1.74. The number of aliphatic hydroxyl groups is 1. The number of benzene rings is 1. The van der Waals surface area contributed by atoms with E-state index in [0.29, 0.717) is 6.42 Å². The Kier molecular flexibility index (Phi) is 4.07. The summed E-state index contributed by atoms with van der Waals surface area (Å²) in [6.07, 6.45) is 6.19. The van der Waals surface area contributed by atoms with E-state index in [1.165, 1.54) is 0 Å². The molecule has 0 saturated heterocycles. The van der Waals surface area contributed by atoms with Gasteiger partial charge in [0.05, 0.1) is 17.5 Å². The Morgan fingerprint density at radius 3 is 2.62 bits per heavy atom. The first kappa shape index (κ1) is 13.5. The van der Waals surface area contributed by atoms with Gasteiger partial charge in [0.15, 0.2) is 0 Å². The summed E-state index contributed by atoms with van der Waals surface area (Å²) in [5.41, 5.74) is 2.89. The molecular formula is C17H17N3O. The summed E-state index contributed by atoms with van der Waals surface area (Å²) in [6, 6.07) is 15.6. The normalized spacial score (nSPS) is 12.2. The summed E-state index contributed by atoms with van der Waals surface area (Å²) in [5.74, 6) is 0. The van der Waals surface area contributed by atoms with Gasteiger partial charge in [-0.25, -0.2) is 4.68 Å². The maximum absolute atomic E-state index is 10.4. The van der Waals surface area contributed by atoms with Crippen LogP contribution in [0.5, 0.6) is 0 Å². The molecule has 1 unspecified atom stereocenters. The van der Waals surface area contributed by atoms with Gasteiger partial charge in [-0.15, -0.1) is 0 Å². The molecule has 1 atom stereocenters. The molecule has 106 valence electrons. The molecule has 4 nitrogen and oxygen atoms in total. The average Bonchev–Trinajstić information content (AvgIpc) is 3.04. The lowest BCUT2D eigenvalue weighted by molar-refractivity contribution is 0.160. The Hall–Kier alpha value is -2.46. The molecule has 3 rings (SSSR count). The Morgan fingerprint density at radius 2 is 1.86 bits per heavy atom. The van der Waals surface area contributed by atoms with Crippen molar-refractivity contribution in [3.63, 3.8) is 0 Å². The van der Waals surface area contributed by atoms with Crippen molar-refractivity contribution in [1.82, 2.24) is 14.8 Å². The number of hydrogen-bond acceptors (Lipinski definition) is 3. The van der Waals surface area contributed by atoms with Crippen molar-refractivity contribution >= 4 is 0 Å². The van der Waals surface area contributed by atoms with Crippen LogP contribution in [0, 0.1) is 0 Å². The highest BCUT2D eigenvalue weighted by Gasteiger charge is 2.14. The number of aryl methyl sites for hydroxylation is 1. The van der Waals surface area contributed by atoms with Gasteiger partial charge in [0, 0.05) is 18.6 Å². The molecule has 21 heavy (non-hydrogen) atoms. The third-order valence-electron chi connectivity index (χ3n) is 3.44. The van der Waals surface area contributed by atoms with Gasteiger partial charge in [-0.05, 0) is 42.7 Å². The topological polar surface area (TPSA) is 50.9 Å². The van der Waals surface area contributed by atoms with E-state index in [9.17, 15) is 5.11 Å². The first-order valence-corrected chi connectivity index (χ1v) is 7.01. The lowest BCUT2D eigenvalue weighted by Gasteiger charge is -2.13. The van der Waals surface area contributed by atoms with Crippen LogP contribution in [0.15, 0.2) is 67.1 Å². The summed E-state index contributed by atoms with van der Waals surface area (Å²) >= 11 is 0. The molecule has 1 N–H and O–H groups in total. The van der Waals surface area contributed by atoms with Crippen molar-refractivity contribution in [2.45, 2.75) is 18.9 Å². The number of pyridine rings is 1. The highest BCUT2D eigenvalue weighted by molar-refractivity contribution is 5.32. The van der Waals surface area contributed by atoms with E-state index in [4.69, 9.17) is 0 Å². The fourth-order valence-corrected chi connectivity index (χ4v) is 2.35. The number of rotatable bonds is 5. The highest BCUT2D eigenvalue weighted by atomic mass is 16.3. The molecule has 3 aromatic rings. The number of nitrogens with zero attached hydrogens (tertiary/aromatic N) is 3. The van der Waals surface area contributed by atoms with Gasteiger partial charge < -0.3 is 5.11 Å². The highest BCUT2D eigenvalue weighted by Crippen LogP contribution is 2.21. The molecule has 0 amide bonds. The van der Waals surface area contributed by atoms with E-state index in [-0.39, 0.29) is 0 Å². The molecule has 0 bridgehead atoms. The van der Waals surface area contributed by atoms with Crippen molar-refractivity contribution < 1.29 is 5.11 Å². The second-order valence-electron chi connectivity index (χ2n) is 4.92. The van der Waals surface area contributed by atoms with Gasteiger partial charge in [0.25, 0.3) is 0 Å². The second-order valence-corrected chi connectivity index (χ2v) is 4.92. The Bertz CT molecular complexity index is 680. The molecule has 0 saturated carbocycles. The molecule has 0 aliphatic carbocycles. The van der Waals surface area contributed by atoms with Crippen molar-refractivity contribution in [3.05, 3.63) is 78.4 Å². The van der Waals surface area contributed by atoms with Crippen LogP contribution in [0.25, 0.3) is 5.69 Å². The predicted molar refractivity (Wildman–Crippen MR) is 81.1 cm³/mol. The van der Waals surface area contributed by atoms with Crippen LogP contribution >= 0.6 is 0 Å². The lowest BCUT2D eigenvalue weighted by Crippen LogP contribution is -2.08. The fourth-order valence-electron chi connectivity index (χ4n) is 2.35. The molecule has 2 aromatic heterocycles. The van der Waals surface area contributed by atoms with Gasteiger partial charge in [-0.3, -0.25) is 4.98 Å². The molecule has 0 aliphatic heterocycles. The smallest absolute Gasteiger partial charge is 0.0964 e. The standard InChI is InChI=1S/C17H17N3O/c21-17(9-8-14-5-4-11-18-13-14)16-10-12-19-20(16)15-6-2-1-3-7-15/h1-7,10-13,17,21H,8-9H2. The van der Waals surface area contributed by atoms with Crippen molar-refractivity contribution in [1.29, 1.82) is 0 Å². The van der Waals surface area contributed by atoms with Crippen molar-refractivity contribution in [2.24, 2.45) is 0 Å². The lowest BCUT2D eigenvalue weighted by atomic mass is 10.1. The molecule has 2 heterocycles. The molecule has 1 aromatic carbocycles. The van der Waals surface area contributed by atoms with Crippen LogP contribution in [0.2, 0.25) is 0 Å². The van der Waals surface area contributed by atoms with E-state index >= 15 is 0 Å². The zero-order valence-electron chi connectivity index (χ0n) is 11.6. The second kappa shape index (κ2) is 6.33. The van der Waals surface area contributed by atoms with Crippen LogP contribution in [0.1, 0.15) is 23.8 Å². The van der Waals surface area contributed by atoms with E-state index in [2.05, 4.69) is 10.1 Å². The molecule has 0 spiro atoms. The van der Waals surface area contributed by atoms with E-state index in [0.717, 1.165) is 23.4 Å². The fraction of sp³-hybridized carbons (Fsp3) is 0.176. The monoisotopic (exact) mass is 279 g/mol. The van der Waals surface area contributed by atoms with E-state index in [1.54, 1.807) is 17.1 Å². The maximum atomic E-state index is 10.4. The molecule has 0 aliphatic rings. The first-order valence-electron chi connectivity index (χ1n) is 7.01. The quantitative estimate of drug-likeness (QED) is 0.781. The molecule has 0 radical (unpaired) electrons. The van der Waals surface area contributed by atoms with Crippen LogP contribution < -0.4 is 0 Å². The number of aliphatic hydroxyl groups excluding tert-OH is 1. The zero-order chi connectivity index (χ0) is 14.5. The number of hydrogen-bond donors (Lipinski definition) is 1. The third kappa shape index (κ3) is 3.17. The summed E-state index contributed by atoms with van der Waals surface area (Å²) in [5, 5.41) is 14.7. The first-order chi connectivity index (χ1) is 10.3. The number of para-hydroxylation sites is 1. The minimum atomic E-state index is -0.548.